The second kappa shape index (κ2) is 8.60. The predicted octanol–water partition coefficient (Wildman–Crippen LogP) is 5.95. The number of carbonyl (C=O) groups excluding carboxylic acids is 1. The monoisotopic (exact) mass is 438 g/mol. The molecule has 0 bridgehead atoms. The topological polar surface area (TPSA) is 32.3 Å². The highest BCUT2D eigenvalue weighted by Crippen LogP contribution is 2.40. The van der Waals surface area contributed by atoms with E-state index in [4.69, 9.17) is 11.6 Å². The van der Waals surface area contributed by atoms with Gasteiger partial charge >= 0.3 is 6.18 Å². The van der Waals surface area contributed by atoms with E-state index in [-0.39, 0.29) is 5.56 Å². The summed E-state index contributed by atoms with van der Waals surface area (Å²) in [5.74, 6) is -0.0821. The van der Waals surface area contributed by atoms with Crippen LogP contribution in [0.25, 0.3) is 0 Å². The van der Waals surface area contributed by atoms with Crippen LogP contribution in [0, 0.1) is 5.92 Å². The van der Waals surface area contributed by atoms with E-state index in [0.29, 0.717) is 5.92 Å². The van der Waals surface area contributed by atoms with Crippen molar-refractivity contribution in [2.75, 3.05) is 13.6 Å². The van der Waals surface area contributed by atoms with E-state index < -0.39 is 34.3 Å². The van der Waals surface area contributed by atoms with E-state index in [0.717, 1.165) is 31.0 Å². The van der Waals surface area contributed by atoms with Crippen molar-refractivity contribution in [2.45, 2.75) is 44.4 Å². The maximum Gasteiger partial charge on any atom is 0.417 e. The Morgan fingerprint density at radius 3 is 2.47 bits per heavy atom. The van der Waals surface area contributed by atoms with E-state index >= 15 is 0 Å². The van der Waals surface area contributed by atoms with Gasteiger partial charge in [-0.05, 0) is 50.4 Å². The van der Waals surface area contributed by atoms with E-state index in [2.05, 4.69) is 24.1 Å². The van der Waals surface area contributed by atoms with Crippen LogP contribution in [0.15, 0.2) is 48.5 Å². The van der Waals surface area contributed by atoms with Crippen LogP contribution in [-0.2, 0) is 6.18 Å². The van der Waals surface area contributed by atoms with Crippen LogP contribution in [0.5, 0.6) is 0 Å². The van der Waals surface area contributed by atoms with Crippen LogP contribution in [0.4, 0.5) is 13.2 Å². The Balaban J connectivity index is 1.98. The van der Waals surface area contributed by atoms with Crippen LogP contribution in [0.1, 0.15) is 54.2 Å². The summed E-state index contributed by atoms with van der Waals surface area (Å²) < 4.78 is 39.7. The highest BCUT2D eigenvalue weighted by molar-refractivity contribution is 6.34. The van der Waals surface area contributed by atoms with Gasteiger partial charge in [-0.2, -0.15) is 13.2 Å². The summed E-state index contributed by atoms with van der Waals surface area (Å²) in [4.78, 5) is 15.3. The summed E-state index contributed by atoms with van der Waals surface area (Å²) in [6, 6.07) is 12.5. The van der Waals surface area contributed by atoms with Crippen molar-refractivity contribution in [1.82, 2.24) is 10.2 Å². The van der Waals surface area contributed by atoms with Gasteiger partial charge in [0.2, 0.25) is 0 Å². The molecule has 0 saturated carbocycles. The third kappa shape index (κ3) is 4.49. The molecule has 1 fully saturated rings. The Morgan fingerprint density at radius 1 is 1.20 bits per heavy atom. The molecule has 162 valence electrons. The number of alkyl halides is 3. The summed E-state index contributed by atoms with van der Waals surface area (Å²) in [6.45, 7) is 5.15. The minimum atomic E-state index is -4.63. The molecule has 0 spiro atoms. The Morgan fingerprint density at radius 2 is 1.87 bits per heavy atom. The van der Waals surface area contributed by atoms with Gasteiger partial charge in [-0.3, -0.25) is 9.69 Å². The fourth-order valence-corrected chi connectivity index (χ4v) is 4.56. The average molecular weight is 439 g/mol. The summed E-state index contributed by atoms with van der Waals surface area (Å²) >= 11 is 5.99. The van der Waals surface area contributed by atoms with Crippen molar-refractivity contribution in [3.05, 3.63) is 70.2 Å². The largest absolute Gasteiger partial charge is 0.417 e. The maximum absolute atomic E-state index is 13.2. The van der Waals surface area contributed by atoms with Crippen LogP contribution in [0.3, 0.4) is 0 Å². The lowest BCUT2D eigenvalue weighted by Crippen LogP contribution is -2.57. The van der Waals surface area contributed by atoms with E-state index in [1.54, 1.807) is 0 Å². The molecule has 0 aliphatic carbocycles. The number of hydrogen-bond donors (Lipinski definition) is 1. The Kier molecular flexibility index (Phi) is 6.48. The number of benzene rings is 2. The minimum absolute atomic E-state index is 0.178. The quantitative estimate of drug-likeness (QED) is 0.639. The molecule has 1 saturated heterocycles. The number of halogens is 4. The molecule has 1 heterocycles. The molecule has 1 amide bonds. The second-order valence-corrected chi connectivity index (χ2v) is 8.74. The Hall–Kier alpha value is -2.05. The third-order valence-electron chi connectivity index (χ3n) is 6.18. The molecule has 7 heteroatoms. The lowest BCUT2D eigenvalue weighted by atomic mass is 9.76. The van der Waals surface area contributed by atoms with Gasteiger partial charge in [0.1, 0.15) is 0 Å². The van der Waals surface area contributed by atoms with Gasteiger partial charge in [-0.25, -0.2) is 0 Å². The summed E-state index contributed by atoms with van der Waals surface area (Å²) in [5.41, 5.74) is -0.680. The number of hydrogen-bond acceptors (Lipinski definition) is 2. The Bertz CT molecular complexity index is 903. The number of amides is 1. The van der Waals surface area contributed by atoms with Crippen LogP contribution in [-0.4, -0.2) is 29.9 Å². The number of likely N-dealkylation sites (N-methyl/N-ethyl adjacent to an activating group) is 1. The number of nitrogens with one attached hydrogen (secondary N) is 1. The summed E-state index contributed by atoms with van der Waals surface area (Å²) in [6.07, 6.45) is -2.77. The van der Waals surface area contributed by atoms with Crippen LogP contribution in [0.2, 0.25) is 5.02 Å². The lowest BCUT2D eigenvalue weighted by Gasteiger charge is -2.50. The molecule has 2 unspecified atom stereocenters. The van der Waals surface area contributed by atoms with E-state index in [1.165, 1.54) is 12.1 Å². The van der Waals surface area contributed by atoms with Crippen molar-refractivity contribution in [3.63, 3.8) is 0 Å². The van der Waals surface area contributed by atoms with Gasteiger partial charge < -0.3 is 5.32 Å². The van der Waals surface area contributed by atoms with Crippen molar-refractivity contribution < 1.29 is 18.0 Å². The van der Waals surface area contributed by atoms with Gasteiger partial charge in [0.05, 0.1) is 22.2 Å². The van der Waals surface area contributed by atoms with Gasteiger partial charge in [0.15, 0.2) is 0 Å². The van der Waals surface area contributed by atoms with Gasteiger partial charge in [0.25, 0.3) is 5.91 Å². The first-order valence-electron chi connectivity index (χ1n) is 9.97. The first kappa shape index (κ1) is 22.6. The molecule has 30 heavy (non-hydrogen) atoms. The average Bonchev–Trinajstić information content (AvgIpc) is 2.69. The van der Waals surface area contributed by atoms with Crippen LogP contribution < -0.4 is 5.32 Å². The number of nitrogens with zero attached hydrogens (tertiary/aromatic N) is 1. The summed E-state index contributed by atoms with van der Waals surface area (Å²) in [7, 11) is 2.02. The third-order valence-corrected chi connectivity index (χ3v) is 6.59. The lowest BCUT2D eigenvalue weighted by molar-refractivity contribution is -0.137. The van der Waals surface area contributed by atoms with Crippen molar-refractivity contribution in [2.24, 2.45) is 5.92 Å². The first-order chi connectivity index (χ1) is 14.0. The zero-order valence-corrected chi connectivity index (χ0v) is 18.0. The fraction of sp³-hybridized carbons (Fsp3) is 0.435. The molecular weight excluding hydrogens is 413 g/mol. The molecule has 2 aromatic rings. The maximum atomic E-state index is 13.2. The number of piperidine rings is 1. The van der Waals surface area contributed by atoms with Gasteiger partial charge in [-0.15, -0.1) is 0 Å². The van der Waals surface area contributed by atoms with E-state index in [1.807, 2.05) is 37.4 Å². The van der Waals surface area contributed by atoms with Gasteiger partial charge in [0, 0.05) is 12.1 Å². The zero-order valence-electron chi connectivity index (χ0n) is 17.3. The molecule has 3 atom stereocenters. The predicted molar refractivity (Wildman–Crippen MR) is 113 cm³/mol. The molecule has 3 nitrogen and oxygen atoms in total. The SMILES string of the molecule is CC1CCC(C)([C@@H](NC(=O)c2cccc(C(F)(F)F)c2Cl)c2ccccc2)N(C)C1. The van der Waals surface area contributed by atoms with Crippen molar-refractivity contribution >= 4 is 17.5 Å². The zero-order chi connectivity index (χ0) is 22.1. The number of carbonyl (C=O) groups is 1. The number of rotatable bonds is 4. The minimum Gasteiger partial charge on any atom is -0.343 e. The number of likely N-dealkylation sites (tertiary alicyclic amines) is 1. The highest BCUT2D eigenvalue weighted by Gasteiger charge is 2.43. The summed E-state index contributed by atoms with van der Waals surface area (Å²) in [5, 5.41) is 2.41. The molecule has 0 radical (unpaired) electrons. The molecule has 0 aromatic heterocycles. The second-order valence-electron chi connectivity index (χ2n) is 8.36. The highest BCUT2D eigenvalue weighted by atomic mass is 35.5. The smallest absolute Gasteiger partial charge is 0.343 e. The fourth-order valence-electron chi connectivity index (χ4n) is 4.24. The van der Waals surface area contributed by atoms with E-state index in [9.17, 15) is 18.0 Å². The first-order valence-corrected chi connectivity index (χ1v) is 10.3. The normalized spacial score (nSPS) is 23.8. The molecule has 2 aromatic carbocycles. The molecule has 1 aliphatic rings. The van der Waals surface area contributed by atoms with Crippen LogP contribution >= 0.6 is 11.6 Å². The van der Waals surface area contributed by atoms with Gasteiger partial charge in [-0.1, -0.05) is 54.9 Å². The van der Waals surface area contributed by atoms with Crippen molar-refractivity contribution in [3.8, 4) is 0 Å². The molecular formula is C23H26ClF3N2O. The van der Waals surface area contributed by atoms with Crippen molar-refractivity contribution in [1.29, 1.82) is 0 Å². The molecule has 1 aliphatic heterocycles. The molecule has 1 N–H and O–H groups in total. The molecule has 3 rings (SSSR count). The standard InChI is InChI=1S/C23H26ClF3N2O/c1-15-12-13-22(2,29(3)14-15)20(16-8-5-4-6-9-16)28-21(30)17-10-7-11-18(19(17)24)23(25,26)27/h4-11,15,20H,12-14H2,1-3H3,(H,28,30)/t15?,20-,22?/m0/s1. The Labute approximate surface area is 180 Å².